The fraction of sp³-hybridized carbons (Fsp3) is 0.417. The number of anilines is 2. The topological polar surface area (TPSA) is 68.9 Å². The van der Waals surface area contributed by atoms with Gasteiger partial charge in [0.2, 0.25) is 0 Å². The van der Waals surface area contributed by atoms with Gasteiger partial charge in [0.15, 0.2) is 5.82 Å². The second kappa shape index (κ2) is 7.56. The third-order valence-electron chi connectivity index (χ3n) is 6.51. The summed E-state index contributed by atoms with van der Waals surface area (Å²) in [6.07, 6.45) is 5.39. The normalized spacial score (nSPS) is 17.8. The lowest BCUT2D eigenvalue weighted by atomic mass is 9.93. The van der Waals surface area contributed by atoms with Gasteiger partial charge >= 0.3 is 0 Å². The second-order valence-electron chi connectivity index (χ2n) is 8.53. The van der Waals surface area contributed by atoms with E-state index >= 15 is 0 Å². The fourth-order valence-corrected chi connectivity index (χ4v) is 4.64. The first-order valence-electron chi connectivity index (χ1n) is 10.7. The van der Waals surface area contributed by atoms with Crippen LogP contribution in [0.2, 0.25) is 0 Å². The Morgan fingerprint density at radius 1 is 1.00 bits per heavy atom. The molecule has 3 aromatic rings. The molecule has 6 heteroatoms. The van der Waals surface area contributed by atoms with E-state index in [9.17, 15) is 0 Å². The molecule has 0 spiro atoms. The van der Waals surface area contributed by atoms with E-state index in [-0.39, 0.29) is 5.92 Å². The molecule has 1 aromatic carbocycles. The summed E-state index contributed by atoms with van der Waals surface area (Å²) in [7, 11) is 0. The molecular weight excluding hydrogens is 372 g/mol. The van der Waals surface area contributed by atoms with Crippen LogP contribution in [-0.4, -0.2) is 41.1 Å². The number of fused-ring (bicyclic) bond motifs is 1. The maximum atomic E-state index is 9.17. The Hall–Kier alpha value is -3.20. The summed E-state index contributed by atoms with van der Waals surface area (Å²) < 4.78 is 0. The summed E-state index contributed by atoms with van der Waals surface area (Å²) in [6.45, 7) is 7.86. The van der Waals surface area contributed by atoms with Gasteiger partial charge in [-0.05, 0) is 43.9 Å². The molecule has 6 nitrogen and oxygen atoms in total. The van der Waals surface area contributed by atoms with E-state index in [2.05, 4.69) is 59.0 Å². The molecule has 152 valence electrons. The number of aryl methyl sites for hydroxylation is 2. The Bertz CT molecular complexity index is 1120. The van der Waals surface area contributed by atoms with Gasteiger partial charge in [-0.25, -0.2) is 9.97 Å². The molecule has 0 aliphatic carbocycles. The Morgan fingerprint density at radius 2 is 1.77 bits per heavy atom. The number of piperidine rings is 1. The van der Waals surface area contributed by atoms with Gasteiger partial charge < -0.3 is 9.80 Å². The summed E-state index contributed by atoms with van der Waals surface area (Å²) in [5.41, 5.74) is 4.66. The molecule has 2 aromatic heterocycles. The molecule has 0 amide bonds. The van der Waals surface area contributed by atoms with Gasteiger partial charge in [-0.2, -0.15) is 5.26 Å². The number of hydrogen-bond donors (Lipinski definition) is 0. The highest BCUT2D eigenvalue weighted by Crippen LogP contribution is 2.36. The molecule has 2 fully saturated rings. The molecule has 2 saturated heterocycles. The standard InChI is InChI=1S/C24H26N6/c1-16-4-3-5-20-17(2)12-21(28-22(16)20)30-14-19(15-30)23-24(27-9-8-26-23)29-10-6-18(13-25)7-11-29/h3-5,8-9,12,18-19H,6-7,10-11,14-15H2,1-2H3. The smallest absolute Gasteiger partial charge is 0.150 e. The highest BCUT2D eigenvalue weighted by Gasteiger charge is 2.34. The van der Waals surface area contributed by atoms with Gasteiger partial charge in [0.05, 0.1) is 17.3 Å². The summed E-state index contributed by atoms with van der Waals surface area (Å²) in [4.78, 5) is 19.0. The van der Waals surface area contributed by atoms with Crippen molar-refractivity contribution >= 4 is 22.5 Å². The van der Waals surface area contributed by atoms with E-state index in [1.165, 1.54) is 16.5 Å². The molecule has 2 aliphatic rings. The van der Waals surface area contributed by atoms with Gasteiger partial charge in [0, 0.05) is 55.8 Å². The monoisotopic (exact) mass is 398 g/mol. The van der Waals surface area contributed by atoms with Crippen LogP contribution in [0.15, 0.2) is 36.7 Å². The first-order chi connectivity index (χ1) is 14.6. The predicted molar refractivity (Wildman–Crippen MR) is 119 cm³/mol. The molecule has 5 rings (SSSR count). The Balaban J connectivity index is 1.35. The van der Waals surface area contributed by atoms with Crippen molar-refractivity contribution < 1.29 is 0 Å². The molecule has 0 radical (unpaired) electrons. The van der Waals surface area contributed by atoms with E-state index in [0.717, 1.165) is 61.9 Å². The molecule has 0 unspecified atom stereocenters. The minimum Gasteiger partial charge on any atom is -0.355 e. The Morgan fingerprint density at radius 3 is 2.53 bits per heavy atom. The Labute approximate surface area is 177 Å². The van der Waals surface area contributed by atoms with Crippen LogP contribution in [0.1, 0.15) is 35.6 Å². The van der Waals surface area contributed by atoms with Gasteiger partial charge in [-0.15, -0.1) is 0 Å². The number of aromatic nitrogens is 3. The second-order valence-corrected chi connectivity index (χ2v) is 8.53. The van der Waals surface area contributed by atoms with E-state index in [1.807, 2.05) is 0 Å². The first kappa shape index (κ1) is 18.8. The van der Waals surface area contributed by atoms with Gasteiger partial charge in [-0.1, -0.05) is 18.2 Å². The SMILES string of the molecule is Cc1cc(N2CC(c3nccnc3N3CCC(C#N)CC3)C2)nc2c(C)cccc12. The highest BCUT2D eigenvalue weighted by atomic mass is 15.3. The van der Waals surface area contributed by atoms with Crippen LogP contribution < -0.4 is 9.80 Å². The molecule has 2 aliphatic heterocycles. The lowest BCUT2D eigenvalue weighted by molar-refractivity contribution is 0.473. The number of hydrogen-bond acceptors (Lipinski definition) is 6. The number of benzene rings is 1. The summed E-state index contributed by atoms with van der Waals surface area (Å²) in [5, 5.41) is 10.4. The largest absolute Gasteiger partial charge is 0.355 e. The zero-order valence-corrected chi connectivity index (χ0v) is 17.5. The average molecular weight is 399 g/mol. The van der Waals surface area contributed by atoms with Crippen LogP contribution in [0.5, 0.6) is 0 Å². The number of nitriles is 1. The van der Waals surface area contributed by atoms with Crippen molar-refractivity contribution in [3.8, 4) is 6.07 Å². The predicted octanol–water partition coefficient (Wildman–Crippen LogP) is 3.99. The summed E-state index contributed by atoms with van der Waals surface area (Å²) in [5.74, 6) is 2.58. The number of rotatable bonds is 3. The van der Waals surface area contributed by atoms with E-state index in [4.69, 9.17) is 15.2 Å². The third-order valence-corrected chi connectivity index (χ3v) is 6.51. The van der Waals surface area contributed by atoms with Crippen LogP contribution in [0.3, 0.4) is 0 Å². The van der Waals surface area contributed by atoms with Crippen LogP contribution in [0, 0.1) is 31.1 Å². The van der Waals surface area contributed by atoms with Crippen molar-refractivity contribution in [1.82, 2.24) is 15.0 Å². The summed E-state index contributed by atoms with van der Waals surface area (Å²) >= 11 is 0. The molecule has 0 saturated carbocycles. The first-order valence-corrected chi connectivity index (χ1v) is 10.7. The molecular formula is C24H26N6. The summed E-state index contributed by atoms with van der Waals surface area (Å²) in [6, 6.07) is 11.0. The van der Waals surface area contributed by atoms with E-state index in [0.29, 0.717) is 5.92 Å². The minimum absolute atomic E-state index is 0.172. The average Bonchev–Trinajstić information content (AvgIpc) is 2.74. The van der Waals surface area contributed by atoms with Gasteiger partial charge in [-0.3, -0.25) is 4.98 Å². The number of pyridine rings is 1. The molecule has 0 bridgehead atoms. The zero-order chi connectivity index (χ0) is 20.7. The zero-order valence-electron chi connectivity index (χ0n) is 17.5. The maximum absolute atomic E-state index is 9.17. The third kappa shape index (κ3) is 3.24. The fourth-order valence-electron chi connectivity index (χ4n) is 4.64. The van der Waals surface area contributed by atoms with Crippen LogP contribution in [-0.2, 0) is 0 Å². The van der Waals surface area contributed by atoms with Crippen molar-refractivity contribution in [3.05, 3.63) is 53.5 Å². The number of para-hydroxylation sites is 1. The van der Waals surface area contributed by atoms with Crippen molar-refractivity contribution in [2.24, 2.45) is 5.92 Å². The van der Waals surface area contributed by atoms with Gasteiger partial charge in [0.1, 0.15) is 5.82 Å². The molecule has 0 atom stereocenters. The minimum atomic E-state index is 0.172. The Kier molecular flexibility index (Phi) is 4.74. The maximum Gasteiger partial charge on any atom is 0.150 e. The van der Waals surface area contributed by atoms with Crippen molar-refractivity contribution in [2.75, 3.05) is 36.0 Å². The lowest BCUT2D eigenvalue weighted by Crippen LogP contribution is -2.47. The number of nitrogens with zero attached hydrogens (tertiary/aromatic N) is 6. The molecule has 0 N–H and O–H groups in total. The van der Waals surface area contributed by atoms with Crippen molar-refractivity contribution in [2.45, 2.75) is 32.6 Å². The molecule has 30 heavy (non-hydrogen) atoms. The van der Waals surface area contributed by atoms with Crippen molar-refractivity contribution in [1.29, 1.82) is 5.26 Å². The van der Waals surface area contributed by atoms with Crippen LogP contribution in [0.25, 0.3) is 10.9 Å². The van der Waals surface area contributed by atoms with Gasteiger partial charge in [0.25, 0.3) is 0 Å². The highest BCUT2D eigenvalue weighted by molar-refractivity contribution is 5.86. The van der Waals surface area contributed by atoms with Crippen molar-refractivity contribution in [3.63, 3.8) is 0 Å². The van der Waals surface area contributed by atoms with E-state index < -0.39 is 0 Å². The quantitative estimate of drug-likeness (QED) is 0.665. The molecule has 4 heterocycles. The van der Waals surface area contributed by atoms with E-state index in [1.54, 1.807) is 12.4 Å². The van der Waals surface area contributed by atoms with Crippen LogP contribution >= 0.6 is 0 Å². The lowest BCUT2D eigenvalue weighted by Gasteiger charge is -2.41. The van der Waals surface area contributed by atoms with Crippen LogP contribution in [0.4, 0.5) is 11.6 Å².